The number of carbonyl (C=O) groups excluding carboxylic acids is 1. The molecule has 0 spiro atoms. The van der Waals surface area contributed by atoms with Gasteiger partial charge in [0.05, 0.1) is 0 Å². The van der Waals surface area contributed by atoms with Crippen LogP contribution in [0.2, 0.25) is 0 Å². The zero-order valence-corrected chi connectivity index (χ0v) is 6.86. The highest BCUT2D eigenvalue weighted by Crippen LogP contribution is 2.33. The summed E-state index contributed by atoms with van der Waals surface area (Å²) in [4.78, 5) is 10.7. The van der Waals surface area contributed by atoms with Gasteiger partial charge < -0.3 is 9.47 Å². The molecule has 0 aromatic rings. The third-order valence-corrected chi connectivity index (χ3v) is 2.60. The molecule has 1 saturated carbocycles. The summed E-state index contributed by atoms with van der Waals surface area (Å²) in [7, 11) is 0. The molecule has 12 heavy (non-hydrogen) atoms. The summed E-state index contributed by atoms with van der Waals surface area (Å²) in [5, 5.41) is 0. The van der Waals surface area contributed by atoms with Crippen LogP contribution < -0.4 is 0 Å². The van der Waals surface area contributed by atoms with E-state index in [4.69, 9.17) is 9.47 Å². The molecular formula is C9H12O3. The van der Waals surface area contributed by atoms with E-state index in [1.54, 1.807) is 0 Å². The van der Waals surface area contributed by atoms with Crippen molar-refractivity contribution in [2.75, 3.05) is 0 Å². The lowest BCUT2D eigenvalue weighted by molar-refractivity contribution is 0.0932. The Kier molecular flexibility index (Phi) is 1.79. The Hall–Kier alpha value is -0.990. The minimum atomic E-state index is -0.505. The Morgan fingerprint density at radius 1 is 1.33 bits per heavy atom. The fraction of sp³-hybridized carbons (Fsp3) is 0.667. The van der Waals surface area contributed by atoms with Gasteiger partial charge in [-0.2, -0.15) is 0 Å². The largest absolute Gasteiger partial charge is 0.509 e. The molecule has 0 N–H and O–H groups in total. The Labute approximate surface area is 71.3 Å². The van der Waals surface area contributed by atoms with Crippen molar-refractivity contribution < 1.29 is 14.3 Å². The molecule has 0 aromatic heterocycles. The summed E-state index contributed by atoms with van der Waals surface area (Å²) in [6.07, 6.45) is 4.26. The summed E-state index contributed by atoms with van der Waals surface area (Å²) in [6.45, 7) is 3.74. The topological polar surface area (TPSA) is 35.5 Å². The fourth-order valence-electron chi connectivity index (χ4n) is 1.88. The first-order chi connectivity index (χ1) is 5.79. The second-order valence-corrected chi connectivity index (χ2v) is 3.37. The van der Waals surface area contributed by atoms with Crippen LogP contribution in [0, 0.1) is 5.92 Å². The van der Waals surface area contributed by atoms with Crippen molar-refractivity contribution in [2.45, 2.75) is 31.5 Å². The predicted octanol–water partition coefficient (Wildman–Crippen LogP) is 1.88. The zero-order valence-electron chi connectivity index (χ0n) is 6.86. The van der Waals surface area contributed by atoms with Crippen LogP contribution >= 0.6 is 0 Å². The van der Waals surface area contributed by atoms with Crippen molar-refractivity contribution in [3.05, 3.63) is 12.7 Å². The molecule has 1 unspecified atom stereocenters. The summed E-state index contributed by atoms with van der Waals surface area (Å²) < 4.78 is 9.95. The van der Waals surface area contributed by atoms with E-state index in [2.05, 4.69) is 6.58 Å². The van der Waals surface area contributed by atoms with Crippen molar-refractivity contribution in [3.8, 4) is 0 Å². The first-order valence-electron chi connectivity index (χ1n) is 4.29. The summed E-state index contributed by atoms with van der Waals surface area (Å²) in [5.74, 6) is 0.487. The van der Waals surface area contributed by atoms with Crippen LogP contribution in [0.3, 0.4) is 0 Å². The second-order valence-electron chi connectivity index (χ2n) is 3.37. The van der Waals surface area contributed by atoms with Crippen molar-refractivity contribution in [1.82, 2.24) is 0 Å². The third kappa shape index (κ3) is 1.19. The smallest absolute Gasteiger partial charge is 0.427 e. The van der Waals surface area contributed by atoms with Gasteiger partial charge in [-0.3, -0.25) is 0 Å². The highest BCUT2D eigenvalue weighted by atomic mass is 16.8. The predicted molar refractivity (Wildman–Crippen MR) is 42.7 cm³/mol. The van der Waals surface area contributed by atoms with Crippen molar-refractivity contribution in [3.63, 3.8) is 0 Å². The lowest BCUT2D eigenvalue weighted by atomic mass is 9.86. The number of hydrogen-bond donors (Lipinski definition) is 0. The van der Waals surface area contributed by atoms with E-state index < -0.39 is 6.16 Å². The molecule has 2 aliphatic rings. The van der Waals surface area contributed by atoms with Gasteiger partial charge in [-0.25, -0.2) is 4.79 Å². The number of allylic oxidation sites excluding steroid dienone is 1. The third-order valence-electron chi connectivity index (χ3n) is 2.60. The van der Waals surface area contributed by atoms with Crippen molar-refractivity contribution in [1.29, 1.82) is 0 Å². The highest BCUT2D eigenvalue weighted by Gasteiger charge is 2.40. The molecule has 3 atom stereocenters. The Morgan fingerprint density at radius 3 is 2.83 bits per heavy atom. The van der Waals surface area contributed by atoms with E-state index >= 15 is 0 Å². The molecule has 3 heteroatoms. The summed E-state index contributed by atoms with van der Waals surface area (Å²) >= 11 is 0. The molecule has 0 aromatic carbocycles. The SMILES string of the molecule is C=CC1CC[C@H]2OC(=O)O[C@H]2C1. The number of hydrogen-bond acceptors (Lipinski definition) is 3. The highest BCUT2D eigenvalue weighted by molar-refractivity contribution is 5.62. The van der Waals surface area contributed by atoms with Gasteiger partial charge in [-0.1, -0.05) is 6.08 Å². The maximum absolute atomic E-state index is 10.7. The lowest BCUT2D eigenvalue weighted by Crippen LogP contribution is -2.30. The van der Waals surface area contributed by atoms with Crippen LogP contribution in [0.1, 0.15) is 19.3 Å². The lowest BCUT2D eigenvalue weighted by Gasteiger charge is -2.25. The van der Waals surface area contributed by atoms with Gasteiger partial charge in [0, 0.05) is 0 Å². The molecular weight excluding hydrogens is 156 g/mol. The van der Waals surface area contributed by atoms with Crippen LogP contribution in [0.4, 0.5) is 4.79 Å². The van der Waals surface area contributed by atoms with E-state index in [9.17, 15) is 4.79 Å². The monoisotopic (exact) mass is 168 g/mol. The first kappa shape index (κ1) is 7.65. The quantitative estimate of drug-likeness (QED) is 0.443. The van der Waals surface area contributed by atoms with Crippen LogP contribution in [0.25, 0.3) is 0 Å². The normalized spacial score (nSPS) is 39.7. The molecule has 0 amide bonds. The van der Waals surface area contributed by atoms with Gasteiger partial charge in [0.2, 0.25) is 0 Å². The Morgan fingerprint density at radius 2 is 2.08 bits per heavy atom. The first-order valence-corrected chi connectivity index (χ1v) is 4.29. The molecule has 2 fully saturated rings. The molecule has 3 nitrogen and oxygen atoms in total. The van der Waals surface area contributed by atoms with Gasteiger partial charge in [0.15, 0.2) is 0 Å². The standard InChI is InChI=1S/C9H12O3/c1-2-6-3-4-7-8(5-6)12-9(10)11-7/h2,6-8H,1,3-5H2/t6?,7-,8+/m1/s1. The molecule has 2 rings (SSSR count). The molecule has 0 radical (unpaired) electrons. The minimum Gasteiger partial charge on any atom is -0.427 e. The molecule has 66 valence electrons. The fourth-order valence-corrected chi connectivity index (χ4v) is 1.88. The molecule has 1 aliphatic carbocycles. The van der Waals surface area contributed by atoms with Gasteiger partial charge in [-0.05, 0) is 25.2 Å². The second kappa shape index (κ2) is 2.81. The molecule has 1 heterocycles. The molecule has 1 saturated heterocycles. The van der Waals surface area contributed by atoms with E-state index in [1.807, 2.05) is 6.08 Å². The van der Waals surface area contributed by atoms with E-state index in [0.29, 0.717) is 5.92 Å². The number of ether oxygens (including phenoxy) is 2. The zero-order chi connectivity index (χ0) is 8.55. The van der Waals surface area contributed by atoms with E-state index in [1.165, 1.54) is 0 Å². The average Bonchev–Trinajstić information content (AvgIpc) is 2.43. The van der Waals surface area contributed by atoms with Gasteiger partial charge in [0.1, 0.15) is 12.2 Å². The summed E-state index contributed by atoms with van der Waals surface area (Å²) in [5.41, 5.74) is 0. The number of rotatable bonds is 1. The molecule has 1 aliphatic heterocycles. The maximum atomic E-state index is 10.7. The van der Waals surface area contributed by atoms with Crippen LogP contribution in [-0.4, -0.2) is 18.4 Å². The van der Waals surface area contributed by atoms with Crippen LogP contribution in [0.5, 0.6) is 0 Å². The van der Waals surface area contributed by atoms with Crippen molar-refractivity contribution >= 4 is 6.16 Å². The summed E-state index contributed by atoms with van der Waals surface area (Å²) in [6, 6.07) is 0. The Balaban J connectivity index is 2.01. The van der Waals surface area contributed by atoms with Crippen LogP contribution in [-0.2, 0) is 9.47 Å². The number of fused-ring (bicyclic) bond motifs is 1. The van der Waals surface area contributed by atoms with E-state index in [0.717, 1.165) is 19.3 Å². The van der Waals surface area contributed by atoms with E-state index in [-0.39, 0.29) is 12.2 Å². The minimum absolute atomic E-state index is 0.00806. The molecule has 0 bridgehead atoms. The van der Waals surface area contributed by atoms with Gasteiger partial charge >= 0.3 is 6.16 Å². The van der Waals surface area contributed by atoms with Gasteiger partial charge in [0.25, 0.3) is 0 Å². The van der Waals surface area contributed by atoms with Gasteiger partial charge in [-0.15, -0.1) is 6.58 Å². The van der Waals surface area contributed by atoms with Crippen molar-refractivity contribution in [2.24, 2.45) is 5.92 Å². The number of carbonyl (C=O) groups is 1. The average molecular weight is 168 g/mol. The Bertz CT molecular complexity index is 212. The van der Waals surface area contributed by atoms with Crippen LogP contribution in [0.15, 0.2) is 12.7 Å². The maximum Gasteiger partial charge on any atom is 0.509 e.